The highest BCUT2D eigenvalue weighted by Crippen LogP contribution is 2.28. The number of nitrogens with zero attached hydrogens (tertiary/aromatic N) is 3. The van der Waals surface area contributed by atoms with Crippen LogP contribution >= 0.6 is 0 Å². The largest absolute Gasteiger partial charge is 0.573 e. The van der Waals surface area contributed by atoms with Crippen LogP contribution in [0.5, 0.6) is 5.75 Å². The van der Waals surface area contributed by atoms with E-state index in [4.69, 9.17) is 5.14 Å². The summed E-state index contributed by atoms with van der Waals surface area (Å²) in [7, 11) is -6.23. The number of aliphatic imine (C=N–C) groups is 1. The fourth-order valence-electron chi connectivity index (χ4n) is 2.12. The van der Waals surface area contributed by atoms with Crippen molar-refractivity contribution < 1.29 is 34.7 Å². The molecule has 1 atom stereocenters. The van der Waals surface area contributed by atoms with Crippen molar-refractivity contribution in [1.82, 2.24) is 14.1 Å². The Morgan fingerprint density at radius 2 is 1.93 bits per heavy atom. The van der Waals surface area contributed by atoms with Crippen LogP contribution in [-0.4, -0.2) is 57.3 Å². The van der Waals surface area contributed by atoms with Crippen molar-refractivity contribution in [2.24, 2.45) is 10.1 Å². The zero-order chi connectivity index (χ0) is 20.7. The highest BCUT2D eigenvalue weighted by Gasteiger charge is 2.48. The van der Waals surface area contributed by atoms with Gasteiger partial charge in [-0.1, -0.05) is 12.1 Å². The molecule has 1 aromatic carbocycles. The Bertz CT molecular complexity index is 948. The lowest BCUT2D eigenvalue weighted by Gasteiger charge is -2.28. The van der Waals surface area contributed by atoms with Crippen molar-refractivity contribution in [1.29, 1.82) is 0 Å². The molecule has 0 bridgehead atoms. The molecule has 2 rings (SSSR count). The number of alkyl halides is 3. The molecule has 0 fully saturated rings. The lowest BCUT2D eigenvalue weighted by Crippen LogP contribution is -2.58. The van der Waals surface area contributed by atoms with Crippen LogP contribution in [0.2, 0.25) is 0 Å². The van der Waals surface area contributed by atoms with Gasteiger partial charge in [-0.3, -0.25) is 0 Å². The van der Waals surface area contributed by atoms with Crippen LogP contribution in [-0.2, 0) is 26.7 Å². The monoisotopic (exact) mass is 431 g/mol. The van der Waals surface area contributed by atoms with Crippen LogP contribution < -0.4 is 15.3 Å². The average molecular weight is 431 g/mol. The molecule has 0 spiro atoms. The highest BCUT2D eigenvalue weighted by molar-refractivity contribution is 7.90. The van der Waals surface area contributed by atoms with Crippen molar-refractivity contribution in [3.8, 4) is 5.75 Å². The van der Waals surface area contributed by atoms with Gasteiger partial charge in [-0.2, -0.15) is 22.6 Å². The third-order valence-electron chi connectivity index (χ3n) is 3.41. The molecule has 27 heavy (non-hydrogen) atoms. The Morgan fingerprint density at radius 3 is 2.44 bits per heavy atom. The van der Waals surface area contributed by atoms with Crippen LogP contribution in [0.15, 0.2) is 29.3 Å². The van der Waals surface area contributed by atoms with E-state index in [1.807, 2.05) is 0 Å². The molecule has 10 nitrogen and oxygen atoms in total. The second-order valence-electron chi connectivity index (χ2n) is 5.64. The quantitative estimate of drug-likeness (QED) is 0.637. The fourth-order valence-corrected chi connectivity index (χ4v) is 3.75. The fraction of sp³-hybridized carbons (Fsp3) is 0.417. The van der Waals surface area contributed by atoms with E-state index in [-0.39, 0.29) is 5.56 Å². The molecule has 1 heterocycles. The van der Waals surface area contributed by atoms with Crippen LogP contribution in [0.4, 0.5) is 13.2 Å². The number of hydrogen-bond donors (Lipinski definition) is 2. The molecule has 0 saturated heterocycles. The van der Waals surface area contributed by atoms with Crippen molar-refractivity contribution in [2.45, 2.75) is 17.8 Å². The van der Waals surface area contributed by atoms with E-state index in [0.29, 0.717) is 4.41 Å². The summed E-state index contributed by atoms with van der Waals surface area (Å²) in [6, 6.07) is 4.49. The molecule has 1 unspecified atom stereocenters. The second kappa shape index (κ2) is 6.90. The van der Waals surface area contributed by atoms with Gasteiger partial charge in [0, 0.05) is 20.5 Å². The van der Waals surface area contributed by atoms with E-state index < -0.39 is 43.8 Å². The zero-order valence-corrected chi connectivity index (χ0v) is 15.6. The summed E-state index contributed by atoms with van der Waals surface area (Å²) in [6.07, 6.45) is -4.77. The Balaban J connectivity index is 2.36. The molecule has 0 saturated carbocycles. The first kappa shape index (κ1) is 21.4. The molecule has 0 radical (unpaired) electrons. The van der Waals surface area contributed by atoms with Gasteiger partial charge in [-0.15, -0.1) is 13.2 Å². The van der Waals surface area contributed by atoms with Crippen molar-refractivity contribution in [3.63, 3.8) is 0 Å². The van der Waals surface area contributed by atoms with Crippen molar-refractivity contribution >= 4 is 26.6 Å². The van der Waals surface area contributed by atoms with Gasteiger partial charge >= 0.3 is 16.6 Å². The molecule has 1 aliphatic rings. The van der Waals surface area contributed by atoms with Crippen LogP contribution in [0.25, 0.3) is 0 Å². The number of nitrogens with one attached hydrogen (secondary N) is 1. The van der Waals surface area contributed by atoms with Gasteiger partial charge < -0.3 is 4.74 Å². The lowest BCUT2D eigenvalue weighted by atomic mass is 10.1. The number of ether oxygens (including phenoxy) is 1. The van der Waals surface area contributed by atoms with Gasteiger partial charge in [0.25, 0.3) is 10.0 Å². The first-order chi connectivity index (χ1) is 12.2. The topological polar surface area (TPSA) is 134 Å². The zero-order valence-electron chi connectivity index (χ0n) is 14.0. The Kier molecular flexibility index (Phi) is 5.46. The maximum atomic E-state index is 12.3. The summed E-state index contributed by atoms with van der Waals surface area (Å²) >= 11 is 0. The molecule has 1 aliphatic heterocycles. The highest BCUT2D eigenvalue weighted by atomic mass is 32.2. The summed E-state index contributed by atoms with van der Waals surface area (Å²) in [5.41, 5.74) is 2.24. The summed E-state index contributed by atoms with van der Waals surface area (Å²) in [6.45, 7) is 0. The van der Waals surface area contributed by atoms with Crippen molar-refractivity contribution in [3.05, 3.63) is 29.8 Å². The lowest BCUT2D eigenvalue weighted by molar-refractivity contribution is -0.274. The van der Waals surface area contributed by atoms with E-state index in [9.17, 15) is 30.0 Å². The smallest absolute Gasteiger partial charge is 0.406 e. The van der Waals surface area contributed by atoms with Gasteiger partial charge in [0.05, 0.1) is 0 Å². The van der Waals surface area contributed by atoms with Crippen LogP contribution in [0, 0.1) is 0 Å². The first-order valence-electron chi connectivity index (χ1n) is 7.08. The third kappa shape index (κ3) is 4.67. The van der Waals surface area contributed by atoms with Crippen LogP contribution in [0.1, 0.15) is 5.56 Å². The average Bonchev–Trinajstić information content (AvgIpc) is 2.91. The van der Waals surface area contributed by atoms with Gasteiger partial charge in [0.15, 0.2) is 0 Å². The minimum Gasteiger partial charge on any atom is -0.406 e. The van der Waals surface area contributed by atoms with E-state index in [1.165, 1.54) is 26.2 Å². The number of halogens is 3. The summed E-state index contributed by atoms with van der Waals surface area (Å²) in [5.74, 6) is -0.579. The molecular formula is C12H16F3N5O5S2. The maximum Gasteiger partial charge on any atom is 0.573 e. The van der Waals surface area contributed by atoms with Gasteiger partial charge in [0.2, 0.25) is 4.99 Å². The van der Waals surface area contributed by atoms with Crippen molar-refractivity contribution in [2.75, 3.05) is 14.1 Å². The SMILES string of the molecule is CN(C)S(=O)(=O)N1C=NC(Cc2cccc(OC(F)(F)F)c2)(S(N)(=O)=O)N1. The molecule has 1 aromatic rings. The Labute approximate surface area is 153 Å². The molecule has 15 heteroatoms. The molecule has 0 amide bonds. The Hall–Kier alpha value is -1.94. The maximum absolute atomic E-state index is 12.3. The predicted molar refractivity (Wildman–Crippen MR) is 88.7 cm³/mol. The van der Waals surface area contributed by atoms with E-state index >= 15 is 0 Å². The number of nitrogens with two attached hydrogens (primary N) is 1. The number of primary sulfonamides is 1. The number of sulfonamides is 1. The molecule has 3 N–H and O–H groups in total. The first-order valence-corrected chi connectivity index (χ1v) is 10.0. The molecular weight excluding hydrogens is 415 g/mol. The standard InChI is InChI=1S/C12H16F3N5O5S2/c1-19(2)27(23,24)20-8-17-11(18-20,26(16,21)22)7-9-4-3-5-10(6-9)25-12(13,14)15/h3-6,8,18H,7H2,1-2H3,(H2,16,21,22). The molecule has 0 aliphatic carbocycles. The van der Waals surface area contributed by atoms with Gasteiger partial charge in [-0.25, -0.2) is 18.5 Å². The number of benzene rings is 1. The van der Waals surface area contributed by atoms with Crippen LogP contribution in [0.3, 0.4) is 0 Å². The minimum absolute atomic E-state index is 0.0551. The summed E-state index contributed by atoms with van der Waals surface area (Å²) in [5, 5.41) is 5.19. The van der Waals surface area contributed by atoms with E-state index in [2.05, 4.69) is 15.2 Å². The van der Waals surface area contributed by atoms with E-state index in [0.717, 1.165) is 22.8 Å². The summed E-state index contributed by atoms with van der Waals surface area (Å²) < 4.78 is 90.5. The number of hydrazine groups is 1. The van der Waals surface area contributed by atoms with Gasteiger partial charge in [-0.05, 0) is 17.7 Å². The second-order valence-corrected chi connectivity index (χ2v) is 9.43. The number of hydrogen-bond acceptors (Lipinski definition) is 7. The Morgan fingerprint density at radius 1 is 1.30 bits per heavy atom. The van der Waals surface area contributed by atoms with Gasteiger partial charge in [0.1, 0.15) is 12.1 Å². The third-order valence-corrected chi connectivity index (χ3v) is 6.30. The van der Waals surface area contributed by atoms with E-state index in [1.54, 1.807) is 0 Å². The predicted octanol–water partition coefficient (Wildman–Crippen LogP) is -0.275. The molecule has 152 valence electrons. The minimum atomic E-state index is -4.93. The normalized spacial score (nSPS) is 21.1. The summed E-state index contributed by atoms with van der Waals surface area (Å²) in [4.78, 5) is 1.35. The molecule has 0 aromatic heterocycles. The number of rotatable bonds is 6.